The van der Waals surface area contributed by atoms with Crippen molar-refractivity contribution in [2.75, 3.05) is 6.54 Å². The Labute approximate surface area is 114 Å². The first-order chi connectivity index (χ1) is 9.17. The Hall–Kier alpha value is -1.06. The molecule has 3 nitrogen and oxygen atoms in total. The SMILES string of the molecule is CC1CC2(C[C@H](N)c3ccccc3O2)CN1C1CC1. The van der Waals surface area contributed by atoms with E-state index >= 15 is 0 Å². The summed E-state index contributed by atoms with van der Waals surface area (Å²) in [5, 5.41) is 0. The molecule has 0 aromatic heterocycles. The molecule has 2 unspecified atom stereocenters. The third-order valence-electron chi connectivity index (χ3n) is 4.96. The molecule has 1 aromatic rings. The third-order valence-corrected chi connectivity index (χ3v) is 4.96. The van der Waals surface area contributed by atoms with Crippen LogP contribution in [0.1, 0.15) is 44.2 Å². The molecule has 0 radical (unpaired) electrons. The van der Waals surface area contributed by atoms with Gasteiger partial charge in [-0.05, 0) is 25.8 Å². The molecule has 1 spiro atoms. The first-order valence-corrected chi connectivity index (χ1v) is 7.46. The molecule has 0 bridgehead atoms. The molecule has 1 aliphatic carbocycles. The Balaban J connectivity index is 1.64. The summed E-state index contributed by atoms with van der Waals surface area (Å²) in [5.41, 5.74) is 7.51. The van der Waals surface area contributed by atoms with Gasteiger partial charge in [0, 0.05) is 43.1 Å². The molecule has 2 aliphatic heterocycles. The second-order valence-electron chi connectivity index (χ2n) is 6.59. The molecule has 1 aromatic carbocycles. The Morgan fingerprint density at radius 1 is 1.26 bits per heavy atom. The summed E-state index contributed by atoms with van der Waals surface area (Å²) < 4.78 is 6.41. The van der Waals surface area contributed by atoms with Gasteiger partial charge < -0.3 is 10.5 Å². The number of fused-ring (bicyclic) bond motifs is 1. The second kappa shape index (κ2) is 3.97. The number of ether oxygens (including phenoxy) is 1. The Morgan fingerprint density at radius 3 is 2.84 bits per heavy atom. The maximum absolute atomic E-state index is 6.41. The Kier molecular flexibility index (Phi) is 2.45. The lowest BCUT2D eigenvalue weighted by molar-refractivity contribution is 0.0433. The number of nitrogens with two attached hydrogens (primary N) is 1. The molecular formula is C16H22N2O. The predicted molar refractivity (Wildman–Crippen MR) is 75.2 cm³/mol. The molecular weight excluding hydrogens is 236 g/mol. The van der Waals surface area contributed by atoms with Crippen LogP contribution >= 0.6 is 0 Å². The average Bonchev–Trinajstić information content (AvgIpc) is 3.16. The highest BCUT2D eigenvalue weighted by atomic mass is 16.5. The fourth-order valence-corrected chi connectivity index (χ4v) is 3.99. The van der Waals surface area contributed by atoms with Crippen molar-refractivity contribution in [2.24, 2.45) is 5.73 Å². The van der Waals surface area contributed by atoms with Crippen molar-refractivity contribution in [3.05, 3.63) is 29.8 Å². The molecule has 3 atom stereocenters. The number of rotatable bonds is 1. The van der Waals surface area contributed by atoms with E-state index in [-0.39, 0.29) is 11.6 Å². The van der Waals surface area contributed by atoms with Gasteiger partial charge in [-0.1, -0.05) is 18.2 Å². The minimum absolute atomic E-state index is 0.0459. The Morgan fingerprint density at radius 2 is 2.05 bits per heavy atom. The zero-order chi connectivity index (χ0) is 13.0. The van der Waals surface area contributed by atoms with Gasteiger partial charge in [-0.3, -0.25) is 4.90 Å². The molecule has 0 amide bonds. The normalized spacial score (nSPS) is 38.2. The number of benzene rings is 1. The summed E-state index contributed by atoms with van der Waals surface area (Å²) >= 11 is 0. The largest absolute Gasteiger partial charge is 0.485 e. The topological polar surface area (TPSA) is 38.5 Å². The second-order valence-corrected chi connectivity index (χ2v) is 6.59. The molecule has 19 heavy (non-hydrogen) atoms. The van der Waals surface area contributed by atoms with E-state index in [0.29, 0.717) is 6.04 Å². The number of nitrogens with zero attached hydrogens (tertiary/aromatic N) is 1. The Bertz CT molecular complexity index is 499. The van der Waals surface area contributed by atoms with Crippen molar-refractivity contribution in [3.63, 3.8) is 0 Å². The molecule has 3 aliphatic rings. The summed E-state index contributed by atoms with van der Waals surface area (Å²) in [6.07, 6.45) is 4.80. The van der Waals surface area contributed by atoms with Crippen molar-refractivity contribution in [3.8, 4) is 5.75 Å². The van der Waals surface area contributed by atoms with E-state index in [1.54, 1.807) is 0 Å². The molecule has 4 rings (SSSR count). The van der Waals surface area contributed by atoms with E-state index in [2.05, 4.69) is 24.0 Å². The monoisotopic (exact) mass is 258 g/mol. The number of likely N-dealkylation sites (tertiary alicyclic amines) is 1. The molecule has 3 heteroatoms. The van der Waals surface area contributed by atoms with Crippen molar-refractivity contribution in [2.45, 2.75) is 56.3 Å². The summed E-state index contributed by atoms with van der Waals surface area (Å²) in [5.74, 6) is 1.01. The van der Waals surface area contributed by atoms with Crippen LogP contribution in [0.3, 0.4) is 0 Å². The van der Waals surface area contributed by atoms with Gasteiger partial charge in [0.15, 0.2) is 0 Å². The van der Waals surface area contributed by atoms with Crippen LogP contribution in [0.4, 0.5) is 0 Å². The molecule has 2 N–H and O–H groups in total. The van der Waals surface area contributed by atoms with Crippen LogP contribution in [-0.4, -0.2) is 29.1 Å². The summed E-state index contributed by atoms with van der Waals surface area (Å²) in [6, 6.07) is 9.83. The van der Waals surface area contributed by atoms with E-state index in [9.17, 15) is 0 Å². The zero-order valence-corrected chi connectivity index (χ0v) is 11.5. The van der Waals surface area contributed by atoms with E-state index in [1.807, 2.05) is 12.1 Å². The molecule has 1 saturated heterocycles. The lowest BCUT2D eigenvalue weighted by atomic mass is 9.86. The highest BCUT2D eigenvalue weighted by Crippen LogP contribution is 2.46. The van der Waals surface area contributed by atoms with Crippen LogP contribution in [0.25, 0.3) is 0 Å². The molecule has 1 saturated carbocycles. The smallest absolute Gasteiger partial charge is 0.125 e. The third kappa shape index (κ3) is 1.87. The van der Waals surface area contributed by atoms with E-state index in [4.69, 9.17) is 10.5 Å². The van der Waals surface area contributed by atoms with Crippen LogP contribution in [0.15, 0.2) is 24.3 Å². The first-order valence-electron chi connectivity index (χ1n) is 7.46. The van der Waals surface area contributed by atoms with Crippen molar-refractivity contribution in [1.82, 2.24) is 4.90 Å². The minimum Gasteiger partial charge on any atom is -0.485 e. The number of hydrogen-bond donors (Lipinski definition) is 1. The van der Waals surface area contributed by atoms with Gasteiger partial charge in [-0.25, -0.2) is 0 Å². The van der Waals surface area contributed by atoms with Crippen molar-refractivity contribution >= 4 is 0 Å². The van der Waals surface area contributed by atoms with Gasteiger partial charge in [-0.15, -0.1) is 0 Å². The average molecular weight is 258 g/mol. The maximum Gasteiger partial charge on any atom is 0.125 e. The lowest BCUT2D eigenvalue weighted by Crippen LogP contribution is -2.45. The quantitative estimate of drug-likeness (QED) is 0.841. The summed E-state index contributed by atoms with van der Waals surface area (Å²) in [7, 11) is 0. The molecule has 102 valence electrons. The van der Waals surface area contributed by atoms with Crippen molar-refractivity contribution < 1.29 is 4.74 Å². The van der Waals surface area contributed by atoms with Gasteiger partial charge in [0.25, 0.3) is 0 Å². The maximum atomic E-state index is 6.41. The van der Waals surface area contributed by atoms with Crippen LogP contribution in [0.2, 0.25) is 0 Å². The van der Waals surface area contributed by atoms with Crippen LogP contribution in [0.5, 0.6) is 5.75 Å². The number of para-hydroxylation sites is 1. The zero-order valence-electron chi connectivity index (χ0n) is 11.5. The van der Waals surface area contributed by atoms with E-state index in [1.165, 1.54) is 18.4 Å². The summed E-state index contributed by atoms with van der Waals surface area (Å²) in [4.78, 5) is 2.64. The number of hydrogen-bond acceptors (Lipinski definition) is 3. The highest BCUT2D eigenvalue weighted by Gasteiger charge is 2.51. The van der Waals surface area contributed by atoms with Gasteiger partial charge in [0.05, 0.1) is 0 Å². The summed E-state index contributed by atoms with van der Waals surface area (Å²) in [6.45, 7) is 3.39. The molecule has 2 fully saturated rings. The first kappa shape index (κ1) is 11.7. The standard InChI is InChI=1S/C16H22N2O/c1-11-8-16(10-18(11)12-6-7-12)9-14(17)13-4-2-3-5-15(13)19-16/h2-5,11-12,14H,6-10,17H2,1H3/t11?,14-,16?/m0/s1. The van der Waals surface area contributed by atoms with Crippen LogP contribution in [0, 0.1) is 0 Å². The van der Waals surface area contributed by atoms with Gasteiger partial charge in [0.2, 0.25) is 0 Å². The fourth-order valence-electron chi connectivity index (χ4n) is 3.99. The van der Waals surface area contributed by atoms with E-state index in [0.717, 1.165) is 31.2 Å². The molecule has 2 heterocycles. The van der Waals surface area contributed by atoms with Crippen LogP contribution in [-0.2, 0) is 0 Å². The van der Waals surface area contributed by atoms with Gasteiger partial charge >= 0.3 is 0 Å². The lowest BCUT2D eigenvalue weighted by Gasteiger charge is -2.38. The minimum atomic E-state index is -0.0459. The highest BCUT2D eigenvalue weighted by molar-refractivity contribution is 5.39. The van der Waals surface area contributed by atoms with Gasteiger partial charge in [-0.2, -0.15) is 0 Å². The van der Waals surface area contributed by atoms with E-state index < -0.39 is 0 Å². The van der Waals surface area contributed by atoms with Crippen LogP contribution < -0.4 is 10.5 Å². The van der Waals surface area contributed by atoms with Gasteiger partial charge in [0.1, 0.15) is 11.4 Å². The fraction of sp³-hybridized carbons (Fsp3) is 0.625. The van der Waals surface area contributed by atoms with Crippen molar-refractivity contribution in [1.29, 1.82) is 0 Å². The predicted octanol–water partition coefficient (Wildman–Crippen LogP) is 2.46.